The van der Waals surface area contributed by atoms with Gasteiger partial charge in [0, 0.05) is 19.3 Å². The zero-order valence-corrected chi connectivity index (χ0v) is 35.1. The zero-order valence-electron chi connectivity index (χ0n) is 35.1. The SMILES string of the molecule is CCCCCCCCCCCCCCCCCCCC(=O)OCC(COC(=O)CCCCCCC)OC(=O)CCCCCCCCCCCCCC. The molecule has 0 aliphatic rings. The zero-order chi connectivity index (χ0) is 38.0. The lowest BCUT2D eigenvalue weighted by Gasteiger charge is -2.18. The van der Waals surface area contributed by atoms with Crippen molar-refractivity contribution in [3.63, 3.8) is 0 Å². The van der Waals surface area contributed by atoms with Crippen molar-refractivity contribution < 1.29 is 28.6 Å². The van der Waals surface area contributed by atoms with Gasteiger partial charge in [-0.2, -0.15) is 0 Å². The second-order valence-electron chi connectivity index (χ2n) is 15.7. The van der Waals surface area contributed by atoms with Crippen LogP contribution >= 0.6 is 0 Å². The van der Waals surface area contributed by atoms with Crippen molar-refractivity contribution in [3.8, 4) is 0 Å². The van der Waals surface area contributed by atoms with Gasteiger partial charge < -0.3 is 14.2 Å². The van der Waals surface area contributed by atoms with Crippen LogP contribution in [0.2, 0.25) is 0 Å². The predicted octanol–water partition coefficient (Wildman–Crippen LogP) is 14.5. The number of rotatable bonds is 42. The van der Waals surface area contributed by atoms with Crippen LogP contribution in [0.15, 0.2) is 0 Å². The first kappa shape index (κ1) is 50.4. The molecule has 6 nitrogen and oxygen atoms in total. The van der Waals surface area contributed by atoms with Crippen molar-refractivity contribution in [1.29, 1.82) is 0 Å². The molecule has 1 unspecified atom stereocenters. The predicted molar refractivity (Wildman–Crippen MR) is 220 cm³/mol. The van der Waals surface area contributed by atoms with E-state index in [1.807, 2.05) is 0 Å². The monoisotopic (exact) mass is 737 g/mol. The molecule has 0 saturated heterocycles. The average molecular weight is 737 g/mol. The molecule has 1 atom stereocenters. The standard InChI is InChI=1S/C46H88O6/c1-4-7-10-13-15-17-19-21-22-23-24-25-27-28-30-33-36-39-45(48)51-42-43(41-50-44(47)38-35-32-12-9-6-3)52-46(49)40-37-34-31-29-26-20-18-16-14-11-8-5-2/h43H,4-42H2,1-3H3. The Morgan fingerprint density at radius 1 is 0.308 bits per heavy atom. The van der Waals surface area contributed by atoms with Gasteiger partial charge >= 0.3 is 17.9 Å². The first-order valence-corrected chi connectivity index (χ1v) is 23.0. The highest BCUT2D eigenvalue weighted by molar-refractivity contribution is 5.71. The van der Waals surface area contributed by atoms with Crippen LogP contribution in [-0.4, -0.2) is 37.2 Å². The number of hydrogen-bond donors (Lipinski definition) is 0. The van der Waals surface area contributed by atoms with Gasteiger partial charge in [-0.3, -0.25) is 14.4 Å². The third kappa shape index (κ3) is 39.6. The van der Waals surface area contributed by atoms with Crippen LogP contribution in [-0.2, 0) is 28.6 Å². The van der Waals surface area contributed by atoms with E-state index in [0.29, 0.717) is 19.3 Å². The average Bonchev–Trinajstić information content (AvgIpc) is 3.14. The van der Waals surface area contributed by atoms with Gasteiger partial charge in [0.1, 0.15) is 13.2 Å². The molecule has 6 heteroatoms. The summed E-state index contributed by atoms with van der Waals surface area (Å²) in [6, 6.07) is 0. The normalized spacial score (nSPS) is 11.8. The van der Waals surface area contributed by atoms with Crippen LogP contribution < -0.4 is 0 Å². The Kier molecular flexibility index (Phi) is 40.9. The van der Waals surface area contributed by atoms with Gasteiger partial charge in [-0.15, -0.1) is 0 Å². The van der Waals surface area contributed by atoms with Crippen molar-refractivity contribution in [3.05, 3.63) is 0 Å². The van der Waals surface area contributed by atoms with Crippen molar-refractivity contribution >= 4 is 17.9 Å². The maximum absolute atomic E-state index is 12.6. The summed E-state index contributed by atoms with van der Waals surface area (Å²) in [5.41, 5.74) is 0. The van der Waals surface area contributed by atoms with Crippen molar-refractivity contribution in [2.24, 2.45) is 0 Å². The summed E-state index contributed by atoms with van der Waals surface area (Å²) in [5, 5.41) is 0. The second-order valence-corrected chi connectivity index (χ2v) is 15.7. The molecule has 0 bridgehead atoms. The fourth-order valence-corrected chi connectivity index (χ4v) is 6.85. The third-order valence-corrected chi connectivity index (χ3v) is 10.4. The smallest absolute Gasteiger partial charge is 0.306 e. The van der Waals surface area contributed by atoms with Crippen LogP contribution in [0.1, 0.15) is 258 Å². The minimum atomic E-state index is -0.756. The Labute approximate surface area is 323 Å². The molecule has 52 heavy (non-hydrogen) atoms. The topological polar surface area (TPSA) is 78.9 Å². The Bertz CT molecular complexity index is 768. The summed E-state index contributed by atoms with van der Waals surface area (Å²) >= 11 is 0. The molecule has 0 heterocycles. The van der Waals surface area contributed by atoms with Crippen LogP contribution in [0.5, 0.6) is 0 Å². The quantitative estimate of drug-likeness (QED) is 0.0353. The molecular weight excluding hydrogens is 648 g/mol. The molecule has 0 radical (unpaired) electrons. The van der Waals surface area contributed by atoms with E-state index in [4.69, 9.17) is 14.2 Å². The van der Waals surface area contributed by atoms with Crippen LogP contribution in [0, 0.1) is 0 Å². The summed E-state index contributed by atoms with van der Waals surface area (Å²) < 4.78 is 16.6. The maximum atomic E-state index is 12.6. The van der Waals surface area contributed by atoms with E-state index in [9.17, 15) is 14.4 Å². The largest absolute Gasteiger partial charge is 0.462 e. The van der Waals surface area contributed by atoms with Gasteiger partial charge in [0.05, 0.1) is 0 Å². The molecule has 0 aliphatic carbocycles. The van der Waals surface area contributed by atoms with Crippen molar-refractivity contribution in [2.75, 3.05) is 13.2 Å². The molecule has 0 fully saturated rings. The Balaban J connectivity index is 4.14. The summed E-state index contributed by atoms with van der Waals surface area (Å²) in [6.07, 6.45) is 42.6. The van der Waals surface area contributed by atoms with Crippen molar-refractivity contribution in [2.45, 2.75) is 264 Å². The van der Waals surface area contributed by atoms with E-state index in [1.54, 1.807) is 0 Å². The molecule has 0 saturated carbocycles. The molecule has 0 aromatic carbocycles. The fraction of sp³-hybridized carbons (Fsp3) is 0.935. The second kappa shape index (κ2) is 42.2. The number of esters is 3. The van der Waals surface area contributed by atoms with E-state index in [1.165, 1.54) is 154 Å². The van der Waals surface area contributed by atoms with Gasteiger partial charge in [0.2, 0.25) is 0 Å². The van der Waals surface area contributed by atoms with Crippen LogP contribution in [0.4, 0.5) is 0 Å². The number of carbonyl (C=O) groups is 3. The highest BCUT2D eigenvalue weighted by atomic mass is 16.6. The van der Waals surface area contributed by atoms with Crippen LogP contribution in [0.25, 0.3) is 0 Å². The number of ether oxygens (including phenoxy) is 3. The Hall–Kier alpha value is -1.59. The molecule has 0 aromatic heterocycles. The highest BCUT2D eigenvalue weighted by Crippen LogP contribution is 2.16. The van der Waals surface area contributed by atoms with E-state index in [2.05, 4.69) is 20.8 Å². The van der Waals surface area contributed by atoms with E-state index in [0.717, 1.165) is 64.2 Å². The summed E-state index contributed by atoms with van der Waals surface area (Å²) in [4.78, 5) is 37.4. The number of carbonyl (C=O) groups excluding carboxylic acids is 3. The Morgan fingerprint density at radius 3 is 0.769 bits per heavy atom. The first-order valence-electron chi connectivity index (χ1n) is 23.0. The summed E-state index contributed by atoms with van der Waals surface area (Å²) in [5.74, 6) is -0.865. The van der Waals surface area contributed by atoms with Crippen molar-refractivity contribution in [1.82, 2.24) is 0 Å². The van der Waals surface area contributed by atoms with Gasteiger partial charge in [-0.25, -0.2) is 0 Å². The van der Waals surface area contributed by atoms with Gasteiger partial charge in [0.25, 0.3) is 0 Å². The first-order chi connectivity index (χ1) is 25.5. The lowest BCUT2D eigenvalue weighted by molar-refractivity contribution is -0.167. The third-order valence-electron chi connectivity index (χ3n) is 10.4. The van der Waals surface area contributed by atoms with E-state index < -0.39 is 6.10 Å². The molecule has 0 N–H and O–H groups in total. The Morgan fingerprint density at radius 2 is 0.519 bits per heavy atom. The van der Waals surface area contributed by atoms with Gasteiger partial charge in [0.15, 0.2) is 6.10 Å². The minimum absolute atomic E-state index is 0.0637. The van der Waals surface area contributed by atoms with E-state index in [-0.39, 0.29) is 31.1 Å². The number of hydrogen-bond acceptors (Lipinski definition) is 6. The highest BCUT2D eigenvalue weighted by Gasteiger charge is 2.19. The minimum Gasteiger partial charge on any atom is -0.462 e. The molecule has 0 aromatic rings. The molecular formula is C46H88O6. The molecule has 0 spiro atoms. The fourth-order valence-electron chi connectivity index (χ4n) is 6.85. The summed E-state index contributed by atoms with van der Waals surface area (Å²) in [7, 11) is 0. The van der Waals surface area contributed by atoms with Gasteiger partial charge in [-0.05, 0) is 19.3 Å². The number of unbranched alkanes of at least 4 members (excludes halogenated alkanes) is 31. The molecule has 0 amide bonds. The molecule has 0 rings (SSSR count). The van der Waals surface area contributed by atoms with Gasteiger partial charge in [-0.1, -0.05) is 220 Å². The molecule has 0 aliphatic heterocycles. The van der Waals surface area contributed by atoms with E-state index >= 15 is 0 Å². The lowest BCUT2D eigenvalue weighted by Crippen LogP contribution is -2.30. The lowest BCUT2D eigenvalue weighted by atomic mass is 10.0. The maximum Gasteiger partial charge on any atom is 0.306 e. The summed E-state index contributed by atoms with van der Waals surface area (Å²) in [6.45, 7) is 6.57. The molecule has 308 valence electrons. The van der Waals surface area contributed by atoms with Crippen LogP contribution in [0.3, 0.4) is 0 Å².